The number of hydrogen-bond acceptors (Lipinski definition) is 3. The van der Waals surface area contributed by atoms with Crippen molar-refractivity contribution in [1.29, 1.82) is 0 Å². The molecule has 0 aliphatic rings. The van der Waals surface area contributed by atoms with E-state index in [9.17, 15) is 4.39 Å². The average Bonchev–Trinajstić information content (AvgIpc) is 2.42. The van der Waals surface area contributed by atoms with Gasteiger partial charge in [0.05, 0.1) is 17.5 Å². The molecule has 0 saturated carbocycles. The van der Waals surface area contributed by atoms with Crippen LogP contribution < -0.4 is 15.8 Å². The van der Waals surface area contributed by atoms with E-state index in [0.29, 0.717) is 11.4 Å². The highest BCUT2D eigenvalue weighted by Crippen LogP contribution is 2.26. The predicted molar refractivity (Wildman–Crippen MR) is 80.9 cm³/mol. The van der Waals surface area contributed by atoms with Crippen LogP contribution in [-0.4, -0.2) is 6.10 Å². The normalized spacial score (nSPS) is 11.9. The van der Waals surface area contributed by atoms with Crippen LogP contribution in [-0.2, 0) is 0 Å². The lowest BCUT2D eigenvalue weighted by atomic mass is 10.2. The molecule has 2 rings (SSSR count). The Hall–Kier alpha value is -2.23. The van der Waals surface area contributed by atoms with Crippen LogP contribution in [0.3, 0.4) is 0 Å². The van der Waals surface area contributed by atoms with E-state index in [0.717, 1.165) is 17.9 Å². The summed E-state index contributed by atoms with van der Waals surface area (Å²) in [6, 6.07) is 11.9. The van der Waals surface area contributed by atoms with Gasteiger partial charge in [-0.2, -0.15) is 0 Å². The highest BCUT2D eigenvalue weighted by atomic mass is 19.1. The fourth-order valence-corrected chi connectivity index (χ4v) is 1.77. The number of halogens is 1. The first-order chi connectivity index (χ1) is 9.58. The summed E-state index contributed by atoms with van der Waals surface area (Å²) in [4.78, 5) is 0. The van der Waals surface area contributed by atoms with Gasteiger partial charge in [0, 0.05) is 11.8 Å². The highest BCUT2D eigenvalue weighted by molar-refractivity contribution is 5.72. The lowest BCUT2D eigenvalue weighted by molar-refractivity contribution is 0.217. The van der Waals surface area contributed by atoms with E-state index < -0.39 is 0 Å². The van der Waals surface area contributed by atoms with Crippen molar-refractivity contribution in [2.24, 2.45) is 0 Å². The minimum absolute atomic E-state index is 0.168. The summed E-state index contributed by atoms with van der Waals surface area (Å²) in [5.74, 6) is 0.451. The number of nitrogens with two attached hydrogens (primary N) is 1. The molecule has 0 heterocycles. The Balaban J connectivity index is 2.15. The van der Waals surface area contributed by atoms with Crippen LogP contribution in [0.1, 0.15) is 20.3 Å². The molecular formula is C16H19FN2O. The summed E-state index contributed by atoms with van der Waals surface area (Å²) < 4.78 is 18.8. The maximum Gasteiger partial charge on any atom is 0.125 e. The quantitative estimate of drug-likeness (QED) is 0.798. The van der Waals surface area contributed by atoms with E-state index in [1.54, 1.807) is 6.07 Å². The molecule has 0 aromatic heterocycles. The van der Waals surface area contributed by atoms with Gasteiger partial charge in [0.2, 0.25) is 0 Å². The molecule has 0 spiro atoms. The van der Waals surface area contributed by atoms with E-state index in [4.69, 9.17) is 10.5 Å². The van der Waals surface area contributed by atoms with Gasteiger partial charge >= 0.3 is 0 Å². The molecule has 2 aromatic carbocycles. The molecular weight excluding hydrogens is 255 g/mol. The minimum Gasteiger partial charge on any atom is -0.491 e. The first-order valence-electron chi connectivity index (χ1n) is 6.67. The van der Waals surface area contributed by atoms with Gasteiger partial charge in [0.15, 0.2) is 0 Å². The third-order valence-corrected chi connectivity index (χ3v) is 3.04. The highest BCUT2D eigenvalue weighted by Gasteiger charge is 2.04. The van der Waals surface area contributed by atoms with E-state index in [-0.39, 0.29) is 11.9 Å². The van der Waals surface area contributed by atoms with Crippen molar-refractivity contribution in [3.05, 3.63) is 48.3 Å². The lowest BCUT2D eigenvalue weighted by Gasteiger charge is -2.14. The van der Waals surface area contributed by atoms with Crippen molar-refractivity contribution < 1.29 is 9.13 Å². The third kappa shape index (κ3) is 3.63. The number of nitrogen functional groups attached to an aromatic ring is 1. The molecule has 0 bridgehead atoms. The van der Waals surface area contributed by atoms with Gasteiger partial charge in [-0.3, -0.25) is 0 Å². The largest absolute Gasteiger partial charge is 0.491 e. The number of anilines is 3. The first kappa shape index (κ1) is 14.2. The Morgan fingerprint density at radius 1 is 1.25 bits per heavy atom. The standard InChI is InChI=1S/C16H19FN2O/c1-3-11(2)20-14-6-4-5-13(10-14)19-16-8-7-12(17)9-15(16)18/h4-11,19H,3,18H2,1-2H3. The molecule has 20 heavy (non-hydrogen) atoms. The Labute approximate surface area is 118 Å². The lowest BCUT2D eigenvalue weighted by Crippen LogP contribution is -2.09. The van der Waals surface area contributed by atoms with Crippen LogP contribution in [0.2, 0.25) is 0 Å². The second-order valence-corrected chi connectivity index (χ2v) is 4.72. The topological polar surface area (TPSA) is 47.3 Å². The van der Waals surface area contributed by atoms with Gasteiger partial charge in [0.25, 0.3) is 0 Å². The van der Waals surface area contributed by atoms with Crippen molar-refractivity contribution in [1.82, 2.24) is 0 Å². The maximum atomic E-state index is 13.0. The van der Waals surface area contributed by atoms with Crippen LogP contribution in [0.4, 0.5) is 21.5 Å². The number of hydrogen-bond donors (Lipinski definition) is 2. The SMILES string of the molecule is CCC(C)Oc1cccc(Nc2ccc(F)cc2N)c1. The Morgan fingerprint density at radius 3 is 2.75 bits per heavy atom. The zero-order chi connectivity index (χ0) is 14.5. The molecule has 0 amide bonds. The van der Waals surface area contributed by atoms with Gasteiger partial charge in [-0.25, -0.2) is 4.39 Å². The number of benzene rings is 2. The van der Waals surface area contributed by atoms with Crippen molar-refractivity contribution in [3.63, 3.8) is 0 Å². The molecule has 1 unspecified atom stereocenters. The summed E-state index contributed by atoms with van der Waals surface area (Å²) in [5.41, 5.74) is 7.67. The van der Waals surface area contributed by atoms with Crippen LogP contribution >= 0.6 is 0 Å². The maximum absolute atomic E-state index is 13.0. The summed E-state index contributed by atoms with van der Waals surface area (Å²) in [6.07, 6.45) is 1.11. The predicted octanol–water partition coefficient (Wildman–Crippen LogP) is 4.33. The Morgan fingerprint density at radius 2 is 2.05 bits per heavy atom. The Bertz CT molecular complexity index is 586. The molecule has 0 aliphatic heterocycles. The fraction of sp³-hybridized carbons (Fsp3) is 0.250. The fourth-order valence-electron chi connectivity index (χ4n) is 1.77. The van der Waals surface area contributed by atoms with Gasteiger partial charge in [-0.1, -0.05) is 13.0 Å². The molecule has 1 atom stereocenters. The summed E-state index contributed by atoms with van der Waals surface area (Å²) >= 11 is 0. The van der Waals surface area contributed by atoms with Gasteiger partial charge in [-0.05, 0) is 43.7 Å². The smallest absolute Gasteiger partial charge is 0.125 e. The molecule has 0 fully saturated rings. The van der Waals surface area contributed by atoms with E-state index in [1.807, 2.05) is 31.2 Å². The third-order valence-electron chi connectivity index (χ3n) is 3.04. The Kier molecular flexibility index (Phi) is 4.45. The van der Waals surface area contributed by atoms with Gasteiger partial charge in [-0.15, -0.1) is 0 Å². The van der Waals surface area contributed by atoms with Crippen molar-refractivity contribution in [2.75, 3.05) is 11.1 Å². The van der Waals surface area contributed by atoms with E-state index >= 15 is 0 Å². The monoisotopic (exact) mass is 274 g/mol. The molecule has 3 N–H and O–H groups in total. The van der Waals surface area contributed by atoms with Crippen molar-refractivity contribution >= 4 is 17.1 Å². The average molecular weight is 274 g/mol. The van der Waals surface area contributed by atoms with Crippen LogP contribution in [0.15, 0.2) is 42.5 Å². The minimum atomic E-state index is -0.345. The van der Waals surface area contributed by atoms with Gasteiger partial charge in [0.1, 0.15) is 11.6 Å². The van der Waals surface area contributed by atoms with Crippen LogP contribution in [0.5, 0.6) is 5.75 Å². The van der Waals surface area contributed by atoms with Crippen LogP contribution in [0.25, 0.3) is 0 Å². The first-order valence-corrected chi connectivity index (χ1v) is 6.67. The number of nitrogens with one attached hydrogen (secondary N) is 1. The summed E-state index contributed by atoms with van der Waals surface area (Å²) in [7, 11) is 0. The molecule has 4 heteroatoms. The second kappa shape index (κ2) is 6.28. The molecule has 2 aromatic rings. The molecule has 0 radical (unpaired) electrons. The van der Waals surface area contributed by atoms with E-state index in [1.165, 1.54) is 12.1 Å². The van der Waals surface area contributed by atoms with Crippen molar-refractivity contribution in [2.45, 2.75) is 26.4 Å². The number of ether oxygens (including phenoxy) is 1. The van der Waals surface area contributed by atoms with E-state index in [2.05, 4.69) is 12.2 Å². The summed E-state index contributed by atoms with van der Waals surface area (Å²) in [6.45, 7) is 4.10. The summed E-state index contributed by atoms with van der Waals surface area (Å²) in [5, 5.41) is 3.16. The molecule has 3 nitrogen and oxygen atoms in total. The molecule has 0 saturated heterocycles. The second-order valence-electron chi connectivity index (χ2n) is 4.72. The molecule has 106 valence electrons. The van der Waals surface area contributed by atoms with Gasteiger partial charge < -0.3 is 15.8 Å². The van der Waals surface area contributed by atoms with Crippen LogP contribution in [0, 0.1) is 5.82 Å². The zero-order valence-corrected chi connectivity index (χ0v) is 11.7. The van der Waals surface area contributed by atoms with Crippen molar-refractivity contribution in [3.8, 4) is 5.75 Å². The zero-order valence-electron chi connectivity index (χ0n) is 11.7. The number of rotatable bonds is 5. The molecule has 0 aliphatic carbocycles.